The molecular formula is C8H14O5. The van der Waals surface area contributed by atoms with E-state index in [1.807, 2.05) is 0 Å². The first-order valence-corrected chi connectivity index (χ1v) is 3.96. The van der Waals surface area contributed by atoms with E-state index in [-0.39, 0.29) is 6.42 Å². The molecule has 0 heterocycles. The molecule has 2 atom stereocenters. The number of esters is 1. The average molecular weight is 190 g/mol. The van der Waals surface area contributed by atoms with Crippen LogP contribution in [-0.4, -0.2) is 40.8 Å². The normalized spacial score (nSPS) is 14.8. The molecule has 0 aromatic carbocycles. The van der Waals surface area contributed by atoms with Gasteiger partial charge in [0.25, 0.3) is 0 Å². The highest BCUT2D eigenvalue weighted by Gasteiger charge is 2.18. The van der Waals surface area contributed by atoms with Gasteiger partial charge in [0.15, 0.2) is 5.78 Å². The van der Waals surface area contributed by atoms with E-state index in [4.69, 9.17) is 10.2 Å². The third kappa shape index (κ3) is 5.32. The fourth-order valence-electron chi connectivity index (χ4n) is 0.773. The molecule has 0 bridgehead atoms. The molecule has 0 spiro atoms. The Labute approximate surface area is 76.3 Å². The van der Waals surface area contributed by atoms with Crippen LogP contribution in [0.4, 0.5) is 0 Å². The Morgan fingerprint density at radius 1 is 1.46 bits per heavy atom. The van der Waals surface area contributed by atoms with Gasteiger partial charge < -0.3 is 14.9 Å². The molecule has 5 heteroatoms. The minimum Gasteiger partial charge on any atom is -0.460 e. The number of hydrogen-bond donors (Lipinski definition) is 2. The molecule has 0 aromatic rings. The lowest BCUT2D eigenvalue weighted by Crippen LogP contribution is -2.28. The zero-order chi connectivity index (χ0) is 10.4. The van der Waals surface area contributed by atoms with Crippen LogP contribution < -0.4 is 0 Å². The monoisotopic (exact) mass is 190 g/mol. The minimum atomic E-state index is -1.09. The van der Waals surface area contributed by atoms with E-state index in [1.165, 1.54) is 13.8 Å². The second kappa shape index (κ2) is 5.66. The number of aliphatic hydroxyl groups excluding tert-OH is 2. The second-order valence-corrected chi connectivity index (χ2v) is 2.76. The first-order valence-electron chi connectivity index (χ1n) is 3.96. The Bertz CT molecular complexity index is 187. The van der Waals surface area contributed by atoms with Crippen LogP contribution in [-0.2, 0) is 14.3 Å². The fraction of sp³-hybridized carbons (Fsp3) is 0.750. The number of ether oxygens (including phenoxy) is 1. The molecule has 0 fully saturated rings. The number of Topliss-reactive ketones (excluding diaryl/α,β-unsaturated/α-hetero) is 1. The molecule has 0 saturated carbocycles. The largest absolute Gasteiger partial charge is 0.460 e. The maximum atomic E-state index is 10.9. The lowest BCUT2D eigenvalue weighted by atomic mass is 10.1. The Kier molecular flexibility index (Phi) is 5.25. The number of carbonyl (C=O) groups excluding carboxylic acids is 2. The molecular weight excluding hydrogens is 176 g/mol. The highest BCUT2D eigenvalue weighted by atomic mass is 16.5. The lowest BCUT2D eigenvalue weighted by molar-refractivity contribution is -0.150. The van der Waals surface area contributed by atoms with E-state index >= 15 is 0 Å². The van der Waals surface area contributed by atoms with Crippen LogP contribution in [0.25, 0.3) is 0 Å². The van der Waals surface area contributed by atoms with Crippen LogP contribution in [0.3, 0.4) is 0 Å². The summed E-state index contributed by atoms with van der Waals surface area (Å²) in [5, 5.41) is 17.5. The van der Waals surface area contributed by atoms with Crippen LogP contribution in [0.15, 0.2) is 0 Å². The third-order valence-corrected chi connectivity index (χ3v) is 1.43. The molecule has 76 valence electrons. The van der Waals surface area contributed by atoms with Crippen molar-refractivity contribution in [3.8, 4) is 0 Å². The smallest absolute Gasteiger partial charge is 0.302 e. The first-order chi connectivity index (χ1) is 5.97. The van der Waals surface area contributed by atoms with Gasteiger partial charge in [-0.05, 0) is 6.92 Å². The van der Waals surface area contributed by atoms with Gasteiger partial charge >= 0.3 is 5.97 Å². The second-order valence-electron chi connectivity index (χ2n) is 2.76. The zero-order valence-corrected chi connectivity index (χ0v) is 7.69. The topological polar surface area (TPSA) is 83.8 Å². The summed E-state index contributed by atoms with van der Waals surface area (Å²) < 4.78 is 4.60. The van der Waals surface area contributed by atoms with Gasteiger partial charge in [0.05, 0.1) is 6.61 Å². The molecule has 2 N–H and O–H groups in total. The Morgan fingerprint density at radius 2 is 2.00 bits per heavy atom. The van der Waals surface area contributed by atoms with E-state index in [2.05, 4.69) is 4.74 Å². The van der Waals surface area contributed by atoms with Crippen LogP contribution >= 0.6 is 0 Å². The molecule has 5 nitrogen and oxygen atoms in total. The lowest BCUT2D eigenvalue weighted by Gasteiger charge is -2.13. The maximum Gasteiger partial charge on any atom is 0.302 e. The summed E-state index contributed by atoms with van der Waals surface area (Å²) in [4.78, 5) is 21.4. The number of carbonyl (C=O) groups is 2. The van der Waals surface area contributed by atoms with Crippen molar-refractivity contribution in [3.05, 3.63) is 0 Å². The molecule has 0 rings (SSSR count). The van der Waals surface area contributed by atoms with Crippen LogP contribution in [0, 0.1) is 0 Å². The highest BCUT2D eigenvalue weighted by molar-refractivity contribution is 5.83. The van der Waals surface area contributed by atoms with Gasteiger partial charge in [0, 0.05) is 13.3 Å². The summed E-state index contributed by atoms with van der Waals surface area (Å²) in [7, 11) is 0. The molecule has 0 aromatic heterocycles. The van der Waals surface area contributed by atoms with E-state index in [0.717, 1.165) is 0 Å². The van der Waals surface area contributed by atoms with Crippen molar-refractivity contribution < 1.29 is 24.5 Å². The number of aliphatic hydroxyl groups is 2. The molecule has 2 unspecified atom stereocenters. The standard InChI is InChI=1S/C8H14O5/c1-5(10)8(12)3-7(4-9)13-6(2)11/h5,7,9-10H,3-4H2,1-2H3. The minimum absolute atomic E-state index is 0.159. The Hall–Kier alpha value is -0.940. The van der Waals surface area contributed by atoms with Crippen molar-refractivity contribution in [3.63, 3.8) is 0 Å². The van der Waals surface area contributed by atoms with Crippen LogP contribution in [0.1, 0.15) is 20.3 Å². The highest BCUT2D eigenvalue weighted by Crippen LogP contribution is 2.01. The number of rotatable bonds is 5. The summed E-state index contributed by atoms with van der Waals surface area (Å²) in [6, 6.07) is 0. The van der Waals surface area contributed by atoms with Crippen molar-refractivity contribution >= 4 is 11.8 Å². The molecule has 0 amide bonds. The number of ketones is 1. The van der Waals surface area contributed by atoms with Gasteiger partial charge in [-0.15, -0.1) is 0 Å². The van der Waals surface area contributed by atoms with Gasteiger partial charge in [0.1, 0.15) is 12.2 Å². The van der Waals surface area contributed by atoms with E-state index in [9.17, 15) is 9.59 Å². The van der Waals surface area contributed by atoms with Crippen LogP contribution in [0.2, 0.25) is 0 Å². The SMILES string of the molecule is CC(=O)OC(CO)CC(=O)C(C)O. The van der Waals surface area contributed by atoms with Crippen molar-refractivity contribution in [1.29, 1.82) is 0 Å². The van der Waals surface area contributed by atoms with E-state index in [1.54, 1.807) is 0 Å². The maximum absolute atomic E-state index is 10.9. The average Bonchev–Trinajstić information content (AvgIpc) is 2.02. The third-order valence-electron chi connectivity index (χ3n) is 1.43. The summed E-state index contributed by atoms with van der Waals surface area (Å²) in [6.07, 6.45) is -2.10. The molecule has 0 aliphatic carbocycles. The molecule has 13 heavy (non-hydrogen) atoms. The Balaban J connectivity index is 3.97. The first kappa shape index (κ1) is 12.1. The quantitative estimate of drug-likeness (QED) is 0.557. The zero-order valence-electron chi connectivity index (χ0n) is 7.69. The van der Waals surface area contributed by atoms with Gasteiger partial charge in [-0.2, -0.15) is 0 Å². The van der Waals surface area contributed by atoms with Gasteiger partial charge in [0.2, 0.25) is 0 Å². The number of hydrogen-bond acceptors (Lipinski definition) is 5. The predicted octanol–water partition coefficient (Wildman–Crippen LogP) is -0.750. The van der Waals surface area contributed by atoms with E-state index < -0.39 is 30.6 Å². The predicted molar refractivity (Wildman–Crippen MR) is 43.9 cm³/mol. The fourth-order valence-corrected chi connectivity index (χ4v) is 0.773. The molecule has 0 saturated heterocycles. The summed E-state index contributed by atoms with van der Waals surface area (Å²) in [5.41, 5.74) is 0. The summed E-state index contributed by atoms with van der Waals surface area (Å²) in [6.45, 7) is 2.10. The van der Waals surface area contributed by atoms with Gasteiger partial charge in [-0.25, -0.2) is 0 Å². The van der Waals surface area contributed by atoms with E-state index in [0.29, 0.717) is 0 Å². The summed E-state index contributed by atoms with van der Waals surface area (Å²) in [5.74, 6) is -1.02. The van der Waals surface area contributed by atoms with Gasteiger partial charge in [-0.1, -0.05) is 0 Å². The van der Waals surface area contributed by atoms with Crippen molar-refractivity contribution in [2.45, 2.75) is 32.5 Å². The molecule has 0 aliphatic heterocycles. The summed E-state index contributed by atoms with van der Waals surface area (Å²) >= 11 is 0. The van der Waals surface area contributed by atoms with Gasteiger partial charge in [-0.3, -0.25) is 9.59 Å². The van der Waals surface area contributed by atoms with Crippen molar-refractivity contribution in [1.82, 2.24) is 0 Å². The van der Waals surface area contributed by atoms with Crippen molar-refractivity contribution in [2.75, 3.05) is 6.61 Å². The Morgan fingerprint density at radius 3 is 2.31 bits per heavy atom. The van der Waals surface area contributed by atoms with Crippen LogP contribution in [0.5, 0.6) is 0 Å². The molecule has 0 aliphatic rings. The molecule has 0 radical (unpaired) electrons. The van der Waals surface area contributed by atoms with Crippen molar-refractivity contribution in [2.24, 2.45) is 0 Å².